The first-order chi connectivity index (χ1) is 18.5. The zero-order valence-corrected chi connectivity index (χ0v) is 29.0. The van der Waals surface area contributed by atoms with Gasteiger partial charge >= 0.3 is 243 Å². The number of fused-ring (bicyclic) bond motifs is 5. The Labute approximate surface area is 266 Å². The molecule has 0 aromatic heterocycles. The van der Waals surface area contributed by atoms with E-state index in [4.69, 9.17) is 0 Å². The van der Waals surface area contributed by atoms with Crippen molar-refractivity contribution in [1.29, 1.82) is 0 Å². The largest absolute Gasteiger partial charge is 1.00 e. The van der Waals surface area contributed by atoms with E-state index >= 15 is 0 Å². The SMILES string of the molecule is CC1=CC(C)[C](/[Zr+2](=[C](/C)c2ccccc2)[CH]2c3cc4c(cc3-c3cc5c(cc32)C(C)(C)C=C5)C=CC4(C)C)=C1.[Cl-].[Cl-]. The quantitative estimate of drug-likeness (QED) is 0.404. The van der Waals surface area contributed by atoms with Gasteiger partial charge in [0.25, 0.3) is 0 Å². The summed E-state index contributed by atoms with van der Waals surface area (Å²) in [7, 11) is 0. The van der Waals surface area contributed by atoms with Gasteiger partial charge in [-0.1, -0.05) is 0 Å². The van der Waals surface area contributed by atoms with Crippen LogP contribution in [-0.2, 0) is 32.1 Å². The molecule has 3 aromatic carbocycles. The van der Waals surface area contributed by atoms with Gasteiger partial charge in [0.05, 0.1) is 0 Å². The van der Waals surface area contributed by atoms with Gasteiger partial charge in [0, 0.05) is 0 Å². The van der Waals surface area contributed by atoms with E-state index in [1.807, 2.05) is 0 Å². The molecule has 0 N–H and O–H groups in total. The normalized spacial score (nSPS) is 20.3. The van der Waals surface area contributed by atoms with E-state index in [1.165, 1.54) is 44.5 Å². The van der Waals surface area contributed by atoms with Gasteiger partial charge in [0.2, 0.25) is 0 Å². The first kappa shape index (κ1) is 30.4. The van der Waals surface area contributed by atoms with E-state index in [0.29, 0.717) is 9.54 Å². The predicted octanol–water partition coefficient (Wildman–Crippen LogP) is 3.71. The summed E-state index contributed by atoms with van der Waals surface area (Å²) in [4.78, 5) is 0. The Morgan fingerprint density at radius 1 is 0.756 bits per heavy atom. The molecule has 1 atom stereocenters. The molecule has 0 bridgehead atoms. The van der Waals surface area contributed by atoms with Crippen LogP contribution >= 0.6 is 0 Å². The third-order valence-corrected chi connectivity index (χ3v) is 18.3. The van der Waals surface area contributed by atoms with E-state index in [9.17, 15) is 0 Å². The van der Waals surface area contributed by atoms with Crippen molar-refractivity contribution >= 4 is 15.4 Å². The molecular formula is C38H38Cl2Zr. The molecule has 4 aliphatic rings. The fraction of sp³-hybridized carbons (Fsp3) is 0.289. The standard InChI is InChI=1S/C23H21.C8H8.C7H9.2ClH.Zr/c1-22(2)7-5-14-10-18-16(12-20(14)22)9-17-13-21-15(11-19(17)18)6-8-23(21,3)4;1-2-8-6-4-3-5-7-8;1-6-3-4-7(2)5-6;;;/h5-13H,1-4H3;3-7H,1H3;3,5,7H,1-2H3;2*1H;/q;;;;;+2/p-2. The van der Waals surface area contributed by atoms with Crippen LogP contribution in [-0.4, -0.2) is 3.21 Å². The van der Waals surface area contributed by atoms with Crippen LogP contribution in [0.5, 0.6) is 0 Å². The molecular weight excluding hydrogens is 619 g/mol. The van der Waals surface area contributed by atoms with E-state index in [1.54, 1.807) is 17.6 Å². The van der Waals surface area contributed by atoms with Crippen LogP contribution < -0.4 is 24.8 Å². The van der Waals surface area contributed by atoms with Crippen LogP contribution in [0.25, 0.3) is 23.3 Å². The Morgan fingerprint density at radius 3 is 1.73 bits per heavy atom. The molecule has 0 radical (unpaired) electrons. The minimum atomic E-state index is -2.51. The summed E-state index contributed by atoms with van der Waals surface area (Å²) in [5, 5.41) is 0. The Balaban J connectivity index is 0.00000169. The average Bonchev–Trinajstić information content (AvgIpc) is 3.60. The van der Waals surface area contributed by atoms with Crippen LogP contribution in [0.1, 0.15) is 91.0 Å². The van der Waals surface area contributed by atoms with Gasteiger partial charge in [0.15, 0.2) is 0 Å². The first-order valence-corrected chi connectivity index (χ1v) is 18.4. The molecule has 0 saturated carbocycles. The summed E-state index contributed by atoms with van der Waals surface area (Å²) in [5.41, 5.74) is 15.0. The van der Waals surface area contributed by atoms with Crippen molar-refractivity contribution in [2.24, 2.45) is 5.92 Å². The second-order valence-electron chi connectivity index (χ2n) is 13.3. The summed E-state index contributed by atoms with van der Waals surface area (Å²) in [6.07, 6.45) is 14.6. The summed E-state index contributed by atoms with van der Waals surface area (Å²) in [6.45, 7) is 16.7. The van der Waals surface area contributed by atoms with Crippen molar-refractivity contribution in [2.45, 2.75) is 62.9 Å². The number of allylic oxidation sites excluding steroid dienone is 6. The fourth-order valence-corrected chi connectivity index (χ4v) is 16.7. The van der Waals surface area contributed by atoms with Gasteiger partial charge in [-0.2, -0.15) is 0 Å². The Morgan fingerprint density at radius 2 is 1.27 bits per heavy atom. The van der Waals surface area contributed by atoms with Crippen molar-refractivity contribution in [2.75, 3.05) is 0 Å². The summed E-state index contributed by atoms with van der Waals surface area (Å²) in [6, 6.07) is 21.6. The number of benzene rings is 3. The average molecular weight is 657 g/mol. The smallest absolute Gasteiger partial charge is 1.00 e. The number of halogens is 2. The van der Waals surface area contributed by atoms with Gasteiger partial charge in [-0.25, -0.2) is 0 Å². The van der Waals surface area contributed by atoms with E-state index in [0.717, 1.165) is 0 Å². The molecule has 0 nitrogen and oxygen atoms in total. The van der Waals surface area contributed by atoms with Gasteiger partial charge < -0.3 is 24.8 Å². The summed E-state index contributed by atoms with van der Waals surface area (Å²) < 4.78 is 3.89. The third-order valence-electron chi connectivity index (χ3n) is 9.70. The molecule has 4 aliphatic carbocycles. The van der Waals surface area contributed by atoms with Crippen LogP contribution in [0.15, 0.2) is 87.8 Å². The van der Waals surface area contributed by atoms with Crippen LogP contribution in [0.3, 0.4) is 0 Å². The van der Waals surface area contributed by atoms with Crippen molar-refractivity contribution in [1.82, 2.24) is 0 Å². The maximum absolute atomic E-state index is 2.63. The second-order valence-corrected chi connectivity index (χ2v) is 20.0. The zero-order valence-electron chi connectivity index (χ0n) is 25.1. The minimum Gasteiger partial charge on any atom is -1.00 e. The number of hydrogen-bond donors (Lipinski definition) is 0. The van der Waals surface area contributed by atoms with E-state index in [2.05, 4.69) is 140 Å². The van der Waals surface area contributed by atoms with Crippen molar-refractivity contribution < 1.29 is 46.1 Å². The molecule has 7 rings (SSSR count). The van der Waals surface area contributed by atoms with Gasteiger partial charge in [-0.05, 0) is 0 Å². The summed E-state index contributed by atoms with van der Waals surface area (Å²) >= 11 is -2.51. The van der Waals surface area contributed by atoms with Gasteiger partial charge in [-0.3, -0.25) is 0 Å². The third kappa shape index (κ3) is 4.72. The zero-order chi connectivity index (χ0) is 27.3. The molecule has 208 valence electrons. The summed E-state index contributed by atoms with van der Waals surface area (Å²) in [5.74, 6) is 0.519. The van der Waals surface area contributed by atoms with Crippen molar-refractivity contribution in [3.63, 3.8) is 0 Å². The van der Waals surface area contributed by atoms with Crippen molar-refractivity contribution in [3.8, 4) is 11.1 Å². The fourth-order valence-electron chi connectivity index (χ4n) is 7.53. The molecule has 1 unspecified atom stereocenters. The van der Waals surface area contributed by atoms with Gasteiger partial charge in [-0.15, -0.1) is 0 Å². The van der Waals surface area contributed by atoms with E-state index < -0.39 is 21.3 Å². The number of hydrogen-bond acceptors (Lipinski definition) is 0. The molecule has 41 heavy (non-hydrogen) atoms. The second kappa shape index (κ2) is 10.6. The molecule has 0 aliphatic heterocycles. The maximum Gasteiger partial charge on any atom is -1.00 e. The monoisotopic (exact) mass is 654 g/mol. The van der Waals surface area contributed by atoms with Crippen LogP contribution in [0.2, 0.25) is 0 Å². The number of rotatable bonds is 3. The maximum atomic E-state index is 2.63. The topological polar surface area (TPSA) is 0 Å². The Hall–Kier alpha value is -2.05. The van der Waals surface area contributed by atoms with Crippen LogP contribution in [0.4, 0.5) is 0 Å². The molecule has 3 heteroatoms. The van der Waals surface area contributed by atoms with Gasteiger partial charge in [0.1, 0.15) is 0 Å². The molecule has 0 fully saturated rings. The predicted molar refractivity (Wildman–Crippen MR) is 165 cm³/mol. The molecule has 0 spiro atoms. The van der Waals surface area contributed by atoms with E-state index in [-0.39, 0.29) is 35.6 Å². The first-order valence-electron chi connectivity index (χ1n) is 14.5. The molecule has 0 amide bonds. The van der Waals surface area contributed by atoms with Crippen LogP contribution in [0, 0.1) is 5.92 Å². The van der Waals surface area contributed by atoms with Crippen molar-refractivity contribution in [3.05, 3.63) is 127 Å². The Kier molecular flexibility index (Phi) is 7.86. The minimum absolute atomic E-state index is 0. The Bertz CT molecular complexity index is 1650. The molecule has 0 heterocycles. The molecule has 0 saturated heterocycles. The molecule has 3 aromatic rings.